The molecular formula is C46H27N3. The second kappa shape index (κ2) is 9.96. The molecule has 2 aromatic heterocycles. The average Bonchev–Trinajstić information content (AvgIpc) is 3.51. The van der Waals surface area contributed by atoms with Crippen LogP contribution in [0.15, 0.2) is 164 Å². The minimum Gasteiger partial charge on any atom is -0.291 e. The van der Waals surface area contributed by atoms with Crippen molar-refractivity contribution in [3.05, 3.63) is 164 Å². The van der Waals surface area contributed by atoms with Crippen LogP contribution in [0.5, 0.6) is 0 Å². The maximum atomic E-state index is 5.57. The van der Waals surface area contributed by atoms with Gasteiger partial charge in [0.25, 0.3) is 0 Å². The van der Waals surface area contributed by atoms with Gasteiger partial charge < -0.3 is 0 Å². The molecule has 226 valence electrons. The Bertz CT molecular complexity index is 3130. The molecule has 0 aliphatic carbocycles. The lowest BCUT2D eigenvalue weighted by Gasteiger charge is -2.17. The molecule has 11 aromatic rings. The standard InChI is InChI=1S/C46H27N3/c1-2-13-30-27-31(22-21-28(30)11-1)43-46(47-40-26-23-29-12-3-4-14-32(29)44(40)48-43)49-41-20-10-9-18-36(41)39-25-24-38-35-17-6-5-15-33(35)34-16-7-8-19-37(34)42(38)45(39)49/h1-27H. The van der Waals surface area contributed by atoms with Crippen LogP contribution in [0.4, 0.5) is 0 Å². The molecule has 0 atom stereocenters. The zero-order valence-corrected chi connectivity index (χ0v) is 26.4. The highest BCUT2D eigenvalue weighted by molar-refractivity contribution is 6.33. The molecule has 0 bridgehead atoms. The van der Waals surface area contributed by atoms with E-state index in [-0.39, 0.29) is 0 Å². The van der Waals surface area contributed by atoms with Gasteiger partial charge in [-0.15, -0.1) is 0 Å². The van der Waals surface area contributed by atoms with Gasteiger partial charge in [-0.1, -0.05) is 146 Å². The Morgan fingerprint density at radius 1 is 0.388 bits per heavy atom. The van der Waals surface area contributed by atoms with E-state index in [4.69, 9.17) is 9.97 Å². The third-order valence-corrected chi connectivity index (χ3v) is 10.3. The lowest BCUT2D eigenvalue weighted by atomic mass is 9.93. The van der Waals surface area contributed by atoms with Gasteiger partial charge in [0.05, 0.1) is 22.1 Å². The van der Waals surface area contributed by atoms with E-state index in [0.717, 1.165) is 49.9 Å². The fourth-order valence-electron chi connectivity index (χ4n) is 8.13. The zero-order chi connectivity index (χ0) is 32.1. The number of rotatable bonds is 2. The summed E-state index contributed by atoms with van der Waals surface area (Å²) in [4.78, 5) is 11.1. The largest absolute Gasteiger partial charge is 0.291 e. The molecule has 0 saturated carbocycles. The van der Waals surface area contributed by atoms with E-state index in [1.807, 2.05) is 0 Å². The molecule has 49 heavy (non-hydrogen) atoms. The van der Waals surface area contributed by atoms with Gasteiger partial charge in [-0.05, 0) is 61.3 Å². The highest BCUT2D eigenvalue weighted by atomic mass is 15.1. The van der Waals surface area contributed by atoms with Crippen molar-refractivity contribution in [2.75, 3.05) is 0 Å². The topological polar surface area (TPSA) is 30.7 Å². The quantitative estimate of drug-likeness (QED) is 0.180. The van der Waals surface area contributed by atoms with E-state index >= 15 is 0 Å². The lowest BCUT2D eigenvalue weighted by Crippen LogP contribution is -2.04. The summed E-state index contributed by atoms with van der Waals surface area (Å²) in [6, 6.07) is 58.9. The van der Waals surface area contributed by atoms with E-state index in [1.54, 1.807) is 0 Å². The summed E-state index contributed by atoms with van der Waals surface area (Å²) < 4.78 is 2.39. The predicted octanol–water partition coefficient (Wildman–Crippen LogP) is 12.2. The Labute approximate surface area is 281 Å². The first-order valence-corrected chi connectivity index (χ1v) is 16.8. The predicted molar refractivity (Wildman–Crippen MR) is 207 cm³/mol. The molecule has 0 unspecified atom stereocenters. The maximum absolute atomic E-state index is 5.57. The van der Waals surface area contributed by atoms with E-state index in [9.17, 15) is 0 Å². The third kappa shape index (κ3) is 3.73. The SMILES string of the molecule is c1ccc2cc(-c3nc4c(ccc5ccccc54)nc3-n3c4ccccc4c4ccc5c6ccccc6c6ccccc6c5c43)ccc2c1. The fourth-order valence-corrected chi connectivity index (χ4v) is 8.13. The molecule has 3 heteroatoms. The van der Waals surface area contributed by atoms with Crippen LogP contribution in [0.25, 0.3) is 104 Å². The van der Waals surface area contributed by atoms with E-state index in [1.165, 1.54) is 53.9 Å². The lowest BCUT2D eigenvalue weighted by molar-refractivity contribution is 1.08. The monoisotopic (exact) mass is 621 g/mol. The van der Waals surface area contributed by atoms with Crippen LogP contribution in [0.1, 0.15) is 0 Å². The molecule has 0 saturated heterocycles. The maximum Gasteiger partial charge on any atom is 0.165 e. The van der Waals surface area contributed by atoms with Crippen LogP contribution in [0.3, 0.4) is 0 Å². The van der Waals surface area contributed by atoms with Crippen molar-refractivity contribution in [1.82, 2.24) is 14.5 Å². The minimum atomic E-state index is 0.828. The van der Waals surface area contributed by atoms with Crippen LogP contribution in [-0.2, 0) is 0 Å². The molecule has 0 radical (unpaired) electrons. The summed E-state index contributed by atoms with van der Waals surface area (Å²) >= 11 is 0. The molecule has 0 aliphatic heterocycles. The Balaban J connectivity index is 1.38. The van der Waals surface area contributed by atoms with E-state index in [0.29, 0.717) is 0 Å². The van der Waals surface area contributed by atoms with Crippen molar-refractivity contribution < 1.29 is 0 Å². The second-order valence-electron chi connectivity index (χ2n) is 12.9. The summed E-state index contributed by atoms with van der Waals surface area (Å²) in [6.07, 6.45) is 0. The highest BCUT2D eigenvalue weighted by Crippen LogP contribution is 2.44. The molecule has 0 amide bonds. The Kier molecular flexibility index (Phi) is 5.38. The van der Waals surface area contributed by atoms with Crippen molar-refractivity contribution in [3.8, 4) is 17.1 Å². The van der Waals surface area contributed by atoms with Gasteiger partial charge in [0.2, 0.25) is 0 Å². The Hall–Kier alpha value is -6.58. The van der Waals surface area contributed by atoms with Crippen molar-refractivity contribution in [1.29, 1.82) is 0 Å². The van der Waals surface area contributed by atoms with Crippen LogP contribution >= 0.6 is 0 Å². The summed E-state index contributed by atoms with van der Waals surface area (Å²) in [5, 5.41) is 14.5. The molecule has 0 fully saturated rings. The minimum absolute atomic E-state index is 0.828. The van der Waals surface area contributed by atoms with E-state index < -0.39 is 0 Å². The number of fused-ring (bicyclic) bond motifs is 14. The molecule has 0 N–H and O–H groups in total. The first-order valence-electron chi connectivity index (χ1n) is 16.8. The summed E-state index contributed by atoms with van der Waals surface area (Å²) in [5.41, 5.74) is 5.94. The van der Waals surface area contributed by atoms with Crippen LogP contribution in [-0.4, -0.2) is 14.5 Å². The van der Waals surface area contributed by atoms with Gasteiger partial charge in [0, 0.05) is 27.1 Å². The van der Waals surface area contributed by atoms with E-state index in [2.05, 4.69) is 168 Å². The third-order valence-electron chi connectivity index (χ3n) is 10.3. The van der Waals surface area contributed by atoms with Crippen LogP contribution in [0, 0.1) is 0 Å². The average molecular weight is 622 g/mol. The highest BCUT2D eigenvalue weighted by Gasteiger charge is 2.23. The van der Waals surface area contributed by atoms with Gasteiger partial charge in [-0.2, -0.15) is 0 Å². The molecular weight excluding hydrogens is 595 g/mol. The summed E-state index contributed by atoms with van der Waals surface area (Å²) in [5.74, 6) is 0.828. The molecule has 2 heterocycles. The van der Waals surface area contributed by atoms with Gasteiger partial charge in [-0.25, -0.2) is 9.97 Å². The van der Waals surface area contributed by atoms with Gasteiger partial charge >= 0.3 is 0 Å². The number of nitrogens with zero attached hydrogens (tertiary/aromatic N) is 3. The number of para-hydroxylation sites is 1. The normalized spacial score (nSPS) is 12.1. The summed E-state index contributed by atoms with van der Waals surface area (Å²) in [7, 11) is 0. The van der Waals surface area contributed by atoms with Crippen molar-refractivity contribution in [2.45, 2.75) is 0 Å². The van der Waals surface area contributed by atoms with Crippen molar-refractivity contribution in [3.63, 3.8) is 0 Å². The van der Waals surface area contributed by atoms with Gasteiger partial charge in [-0.3, -0.25) is 4.57 Å². The number of aromatic nitrogens is 3. The smallest absolute Gasteiger partial charge is 0.165 e. The molecule has 0 aliphatic rings. The fraction of sp³-hybridized carbons (Fsp3) is 0. The number of benzene rings is 9. The Morgan fingerprint density at radius 3 is 1.76 bits per heavy atom. The van der Waals surface area contributed by atoms with Gasteiger partial charge in [0.15, 0.2) is 5.82 Å². The Morgan fingerprint density at radius 2 is 0.959 bits per heavy atom. The first kappa shape index (κ1) is 26.5. The van der Waals surface area contributed by atoms with Gasteiger partial charge in [0.1, 0.15) is 5.69 Å². The van der Waals surface area contributed by atoms with Crippen LogP contribution < -0.4 is 0 Å². The number of hydrogen-bond acceptors (Lipinski definition) is 2. The molecule has 0 spiro atoms. The zero-order valence-electron chi connectivity index (χ0n) is 26.4. The van der Waals surface area contributed by atoms with Crippen LogP contribution in [0.2, 0.25) is 0 Å². The molecule has 11 rings (SSSR count). The molecule has 9 aromatic carbocycles. The van der Waals surface area contributed by atoms with Crippen molar-refractivity contribution >= 4 is 86.7 Å². The second-order valence-corrected chi connectivity index (χ2v) is 12.9. The first-order chi connectivity index (χ1) is 24.3. The van der Waals surface area contributed by atoms with Crippen molar-refractivity contribution in [2.24, 2.45) is 0 Å². The summed E-state index contributed by atoms with van der Waals surface area (Å²) in [6.45, 7) is 0. The molecule has 3 nitrogen and oxygen atoms in total. The number of hydrogen-bond donors (Lipinski definition) is 0.